The number of pyridine rings is 1. The summed E-state index contributed by atoms with van der Waals surface area (Å²) < 4.78 is 32.0. The van der Waals surface area contributed by atoms with Crippen molar-refractivity contribution in [3.05, 3.63) is 29.1 Å². The van der Waals surface area contributed by atoms with Crippen molar-refractivity contribution in [1.29, 1.82) is 5.26 Å². The number of aromatic nitrogens is 2. The van der Waals surface area contributed by atoms with E-state index in [0.29, 0.717) is 48.0 Å². The lowest BCUT2D eigenvalue weighted by molar-refractivity contribution is -0.143. The number of methoxy groups -OCH3 is 1. The Balaban J connectivity index is 1.44. The summed E-state index contributed by atoms with van der Waals surface area (Å²) in [6.45, 7) is 0.692. The van der Waals surface area contributed by atoms with E-state index >= 15 is 0 Å². The Bertz CT molecular complexity index is 1350. The average Bonchev–Trinajstić information content (AvgIpc) is 3.48. The number of nitrogens with zero attached hydrogens (tertiary/aromatic N) is 4. The first-order valence-corrected chi connectivity index (χ1v) is 16.4. The number of unbranched alkanes of at least 4 members (excludes halogenated alkanes) is 4. The Morgan fingerprint density at radius 1 is 1.28 bits per heavy atom. The lowest BCUT2D eigenvalue weighted by atomic mass is 9.82. The molecule has 2 aromatic heterocycles. The predicted octanol–water partition coefficient (Wildman–Crippen LogP) is 5.83. The van der Waals surface area contributed by atoms with Gasteiger partial charge in [0, 0.05) is 62.6 Å². The molecule has 7 nitrogen and oxygen atoms in total. The van der Waals surface area contributed by atoms with Crippen LogP contribution in [-0.4, -0.2) is 57.2 Å². The van der Waals surface area contributed by atoms with Gasteiger partial charge in [0.15, 0.2) is 0 Å². The maximum atomic E-state index is 13.9. The monoisotopic (exact) mass is 668 g/mol. The fourth-order valence-corrected chi connectivity index (χ4v) is 7.49. The fourth-order valence-electron chi connectivity index (χ4n) is 5.35. The molecule has 0 spiro atoms. The molecule has 11 heteroatoms. The summed E-state index contributed by atoms with van der Waals surface area (Å²) in [5.41, 5.74) is 2.43. The Kier molecular flexibility index (Phi) is 9.43. The third kappa shape index (κ3) is 6.35. The Hall–Kier alpha value is -2.38. The molecule has 2 fully saturated rings. The predicted molar refractivity (Wildman–Crippen MR) is 155 cm³/mol. The van der Waals surface area contributed by atoms with Crippen molar-refractivity contribution >= 4 is 53.0 Å². The van der Waals surface area contributed by atoms with Crippen molar-refractivity contribution in [2.45, 2.75) is 68.5 Å². The van der Waals surface area contributed by atoms with Crippen molar-refractivity contribution < 1.29 is 23.1 Å². The number of carbonyl (C=O) groups is 2. The quantitative estimate of drug-likeness (QED) is 0.145. The summed E-state index contributed by atoms with van der Waals surface area (Å²) >= 11 is 2.10. The molecule has 0 radical (unpaired) electrons. The number of aryl methyl sites for hydroxylation is 1. The number of hydrogen-bond acceptors (Lipinski definition) is 6. The first kappa shape index (κ1) is 29.6. The van der Waals surface area contributed by atoms with Crippen molar-refractivity contribution in [3.63, 3.8) is 0 Å². The van der Waals surface area contributed by atoms with Crippen LogP contribution in [0.4, 0.5) is 8.78 Å². The number of hydrogen-bond donors (Lipinski definition) is 0. The summed E-state index contributed by atoms with van der Waals surface area (Å²) in [5.74, 6) is 2.80. The molecular weight excluding hydrogens is 637 g/mol. The minimum absolute atomic E-state index is 0.116. The summed E-state index contributed by atoms with van der Waals surface area (Å²) in [6, 6.07) is 3.83. The van der Waals surface area contributed by atoms with Crippen LogP contribution in [0.3, 0.4) is 0 Å². The standard InChI is InChI=1S/C28H31F2IN4O3S/c1-34-22(10-8-6-4-3-5-7-9-19-14-28(29,30)15-19)23(21-13-20(16-32)17-33-24(21)34)25(36)35-12-11-27(18-35,39-31)26(37)38-2/h13,17,19H,3-6,8,10-12,14-15,18H2,1-2H3. The normalized spacial score (nSPS) is 20.3. The van der Waals surface area contributed by atoms with Crippen LogP contribution in [0.1, 0.15) is 73.0 Å². The second-order valence-electron chi connectivity index (χ2n) is 10.3. The van der Waals surface area contributed by atoms with Gasteiger partial charge >= 0.3 is 5.97 Å². The molecule has 208 valence electrons. The van der Waals surface area contributed by atoms with Gasteiger partial charge in [-0.2, -0.15) is 5.26 Å². The van der Waals surface area contributed by atoms with Gasteiger partial charge in [0.25, 0.3) is 11.8 Å². The van der Waals surface area contributed by atoms with E-state index < -0.39 is 10.7 Å². The molecule has 1 unspecified atom stereocenters. The number of nitriles is 1. The SMILES string of the molecule is COC(=O)C1(SI)CCN(C(=O)c2c(CCCCCCC#CC3CC(F)(F)C3)n(C)c3ncc(C#N)cc23)C1. The molecule has 1 atom stereocenters. The van der Waals surface area contributed by atoms with Gasteiger partial charge < -0.3 is 14.2 Å². The molecule has 3 heterocycles. The smallest absolute Gasteiger partial charge is 0.324 e. The molecule has 0 bridgehead atoms. The van der Waals surface area contributed by atoms with Gasteiger partial charge in [0.1, 0.15) is 16.5 Å². The van der Waals surface area contributed by atoms with E-state index in [1.54, 1.807) is 11.0 Å². The zero-order valence-corrected chi connectivity index (χ0v) is 25.0. The van der Waals surface area contributed by atoms with Crippen LogP contribution in [0.5, 0.6) is 0 Å². The number of alkyl halides is 2. The zero-order valence-electron chi connectivity index (χ0n) is 22.1. The molecule has 1 saturated heterocycles. The van der Waals surface area contributed by atoms with Crippen LogP contribution >= 0.6 is 30.1 Å². The van der Waals surface area contributed by atoms with Crippen LogP contribution in [0.15, 0.2) is 12.3 Å². The average molecular weight is 669 g/mol. The van der Waals surface area contributed by atoms with E-state index in [-0.39, 0.29) is 37.2 Å². The number of amides is 1. The highest BCUT2D eigenvalue weighted by molar-refractivity contribution is 14.2. The fraction of sp³-hybridized carbons (Fsp3) is 0.571. The van der Waals surface area contributed by atoms with E-state index in [9.17, 15) is 23.6 Å². The molecule has 39 heavy (non-hydrogen) atoms. The topological polar surface area (TPSA) is 88.2 Å². The van der Waals surface area contributed by atoms with E-state index in [1.165, 1.54) is 22.2 Å². The van der Waals surface area contributed by atoms with Gasteiger partial charge in [-0.25, -0.2) is 13.8 Å². The summed E-state index contributed by atoms with van der Waals surface area (Å²) in [5, 5.41) is 10.1. The van der Waals surface area contributed by atoms with Gasteiger partial charge in [0.05, 0.1) is 18.2 Å². The summed E-state index contributed by atoms with van der Waals surface area (Å²) in [6.07, 6.45) is 6.81. The van der Waals surface area contributed by atoms with Crippen molar-refractivity contribution in [1.82, 2.24) is 14.5 Å². The molecule has 1 aliphatic heterocycles. The zero-order chi connectivity index (χ0) is 28.2. The van der Waals surface area contributed by atoms with E-state index in [0.717, 1.165) is 31.4 Å². The summed E-state index contributed by atoms with van der Waals surface area (Å²) in [4.78, 5) is 32.6. The van der Waals surface area contributed by atoms with E-state index in [1.807, 2.05) is 11.6 Å². The number of likely N-dealkylation sites (tertiary alicyclic amines) is 1. The van der Waals surface area contributed by atoms with Crippen LogP contribution in [0.2, 0.25) is 0 Å². The van der Waals surface area contributed by atoms with E-state index in [2.05, 4.69) is 44.1 Å². The van der Waals surface area contributed by atoms with Gasteiger partial charge in [-0.15, -0.1) is 5.92 Å². The van der Waals surface area contributed by atoms with Gasteiger partial charge in [0.2, 0.25) is 0 Å². The van der Waals surface area contributed by atoms with Crippen molar-refractivity contribution in [3.8, 4) is 17.9 Å². The van der Waals surface area contributed by atoms with Gasteiger partial charge in [-0.1, -0.05) is 27.7 Å². The molecule has 1 aliphatic carbocycles. The summed E-state index contributed by atoms with van der Waals surface area (Å²) in [7, 11) is 4.62. The number of carbonyl (C=O) groups excluding carboxylic acids is 2. The minimum atomic E-state index is -2.53. The molecular formula is C28H31F2IN4O3S. The van der Waals surface area contributed by atoms with Crippen LogP contribution in [-0.2, 0) is 23.0 Å². The number of halogens is 3. The Morgan fingerprint density at radius 3 is 2.69 bits per heavy atom. The number of fused-ring (bicyclic) bond motifs is 1. The van der Waals surface area contributed by atoms with Crippen LogP contribution in [0, 0.1) is 29.1 Å². The third-order valence-corrected chi connectivity index (χ3v) is 10.9. The number of rotatable bonds is 9. The van der Waals surface area contributed by atoms with Crippen molar-refractivity contribution in [2.75, 3.05) is 20.2 Å². The molecule has 1 amide bonds. The highest BCUT2D eigenvalue weighted by atomic mass is 127. The highest BCUT2D eigenvalue weighted by Crippen LogP contribution is 2.42. The lowest BCUT2D eigenvalue weighted by Gasteiger charge is -2.31. The second kappa shape index (κ2) is 12.4. The molecule has 0 aromatic carbocycles. The van der Waals surface area contributed by atoms with Crippen molar-refractivity contribution in [2.24, 2.45) is 13.0 Å². The van der Waals surface area contributed by atoms with Crippen LogP contribution in [0.25, 0.3) is 11.0 Å². The molecule has 4 rings (SSSR count). The molecule has 2 aromatic rings. The van der Waals surface area contributed by atoms with Crippen LogP contribution < -0.4 is 0 Å². The molecule has 0 N–H and O–H groups in total. The maximum Gasteiger partial charge on any atom is 0.324 e. The Morgan fingerprint density at radius 2 is 2.03 bits per heavy atom. The number of ether oxygens (including phenoxy) is 1. The first-order valence-electron chi connectivity index (χ1n) is 13.1. The third-order valence-electron chi connectivity index (χ3n) is 7.58. The van der Waals surface area contributed by atoms with E-state index in [4.69, 9.17) is 4.74 Å². The maximum absolute atomic E-state index is 13.9. The largest absolute Gasteiger partial charge is 0.468 e. The lowest BCUT2D eigenvalue weighted by Crippen LogP contribution is -2.40. The first-order chi connectivity index (χ1) is 18.6. The van der Waals surface area contributed by atoms with Gasteiger partial charge in [-0.3, -0.25) is 9.59 Å². The number of esters is 1. The Labute approximate surface area is 243 Å². The van der Waals surface area contributed by atoms with Gasteiger partial charge in [-0.05, 0) is 53.0 Å². The molecule has 1 saturated carbocycles. The minimum Gasteiger partial charge on any atom is -0.468 e. The second-order valence-corrected chi connectivity index (χ2v) is 12.6. The highest BCUT2D eigenvalue weighted by Gasteiger charge is 2.48. The molecule has 2 aliphatic rings.